The highest BCUT2D eigenvalue weighted by Crippen LogP contribution is 2.41. The fourth-order valence-corrected chi connectivity index (χ4v) is 1.82. The second-order valence-corrected chi connectivity index (χ2v) is 4.30. The van der Waals surface area contributed by atoms with Crippen LogP contribution in [0.3, 0.4) is 0 Å². The number of halogens is 1. The van der Waals surface area contributed by atoms with Crippen LogP contribution in [0.25, 0.3) is 0 Å². The molecule has 3 nitrogen and oxygen atoms in total. The van der Waals surface area contributed by atoms with Crippen molar-refractivity contribution < 1.29 is 13.9 Å². The molecule has 0 spiro atoms. The van der Waals surface area contributed by atoms with E-state index in [0.29, 0.717) is 23.5 Å². The van der Waals surface area contributed by atoms with Crippen molar-refractivity contribution >= 4 is 0 Å². The first kappa shape index (κ1) is 11.2. The molecule has 0 bridgehead atoms. The molecule has 2 N–H and O–H groups in total. The van der Waals surface area contributed by atoms with Crippen LogP contribution in [0.15, 0.2) is 12.1 Å². The topological polar surface area (TPSA) is 44.5 Å². The molecule has 0 heterocycles. The normalized spacial score (nSPS) is 17.0. The zero-order valence-corrected chi connectivity index (χ0v) is 9.55. The lowest BCUT2D eigenvalue weighted by Gasteiger charge is -2.16. The summed E-state index contributed by atoms with van der Waals surface area (Å²) in [5, 5.41) is 0. The summed E-state index contributed by atoms with van der Waals surface area (Å²) in [5.41, 5.74) is 6.27. The van der Waals surface area contributed by atoms with E-state index in [1.54, 1.807) is 6.07 Å². The third kappa shape index (κ3) is 1.97. The Balaban J connectivity index is 2.39. The first-order chi connectivity index (χ1) is 7.59. The van der Waals surface area contributed by atoms with E-state index in [9.17, 15) is 4.39 Å². The summed E-state index contributed by atoms with van der Waals surface area (Å²) in [7, 11) is 3.05. The zero-order valence-electron chi connectivity index (χ0n) is 9.55. The van der Waals surface area contributed by atoms with Gasteiger partial charge in [0.1, 0.15) is 5.82 Å². The molecule has 1 aromatic carbocycles. The molecule has 1 fully saturated rings. The van der Waals surface area contributed by atoms with Crippen molar-refractivity contribution in [3.63, 3.8) is 0 Å². The maximum Gasteiger partial charge on any atom is 0.166 e. The molecule has 2 rings (SSSR count). The van der Waals surface area contributed by atoms with Crippen LogP contribution >= 0.6 is 0 Å². The molecular formula is C12H16FNO2. The number of methoxy groups -OCH3 is 2. The minimum Gasteiger partial charge on any atom is -0.493 e. The molecule has 88 valence electrons. The van der Waals surface area contributed by atoms with E-state index in [1.807, 2.05) is 0 Å². The lowest BCUT2D eigenvalue weighted by Crippen LogP contribution is -2.25. The third-order valence-corrected chi connectivity index (χ3v) is 3.01. The van der Waals surface area contributed by atoms with Crippen molar-refractivity contribution in [2.75, 3.05) is 14.2 Å². The lowest BCUT2D eigenvalue weighted by molar-refractivity contribution is 0.346. The fourth-order valence-electron chi connectivity index (χ4n) is 1.82. The first-order valence-corrected chi connectivity index (χ1v) is 5.28. The molecule has 0 saturated heterocycles. The highest BCUT2D eigenvalue weighted by Gasteiger charge is 2.39. The molecule has 4 heteroatoms. The summed E-state index contributed by atoms with van der Waals surface area (Å²) < 4.78 is 24.1. The molecule has 0 amide bonds. The first-order valence-electron chi connectivity index (χ1n) is 5.28. The molecule has 1 aliphatic rings. The molecule has 0 atom stereocenters. The van der Waals surface area contributed by atoms with Gasteiger partial charge < -0.3 is 15.2 Å². The van der Waals surface area contributed by atoms with Crippen molar-refractivity contribution in [1.82, 2.24) is 0 Å². The van der Waals surface area contributed by atoms with Gasteiger partial charge in [-0.2, -0.15) is 0 Å². The average molecular weight is 225 g/mol. The summed E-state index contributed by atoms with van der Waals surface area (Å²) >= 11 is 0. The summed E-state index contributed by atoms with van der Waals surface area (Å²) in [6, 6.07) is 2.95. The van der Waals surface area contributed by atoms with E-state index in [0.717, 1.165) is 12.8 Å². The molecular weight excluding hydrogens is 209 g/mol. The van der Waals surface area contributed by atoms with Gasteiger partial charge >= 0.3 is 0 Å². The Bertz CT molecular complexity index is 402. The third-order valence-electron chi connectivity index (χ3n) is 3.01. The molecule has 0 radical (unpaired) electrons. The van der Waals surface area contributed by atoms with Crippen molar-refractivity contribution in [2.24, 2.45) is 5.73 Å². The minimum absolute atomic E-state index is 0.250. The highest BCUT2D eigenvalue weighted by atomic mass is 19.1. The highest BCUT2D eigenvalue weighted by molar-refractivity contribution is 5.48. The van der Waals surface area contributed by atoms with Gasteiger partial charge in [-0.15, -0.1) is 0 Å². The van der Waals surface area contributed by atoms with Crippen LogP contribution in [-0.4, -0.2) is 19.8 Å². The Morgan fingerprint density at radius 2 is 2.00 bits per heavy atom. The van der Waals surface area contributed by atoms with Gasteiger partial charge in [0, 0.05) is 11.1 Å². The van der Waals surface area contributed by atoms with Crippen LogP contribution < -0.4 is 15.2 Å². The van der Waals surface area contributed by atoms with E-state index in [-0.39, 0.29) is 11.4 Å². The lowest BCUT2D eigenvalue weighted by atomic mass is 10.0. The number of nitrogens with two attached hydrogens (primary N) is 1. The van der Waals surface area contributed by atoms with Gasteiger partial charge in [0.15, 0.2) is 11.5 Å². The van der Waals surface area contributed by atoms with Crippen molar-refractivity contribution in [1.29, 1.82) is 0 Å². The van der Waals surface area contributed by atoms with Gasteiger partial charge in [-0.25, -0.2) is 4.39 Å². The molecule has 0 unspecified atom stereocenters. The predicted molar refractivity (Wildman–Crippen MR) is 59.4 cm³/mol. The fraction of sp³-hybridized carbons (Fsp3) is 0.500. The van der Waals surface area contributed by atoms with Crippen LogP contribution in [0.1, 0.15) is 18.4 Å². The molecule has 0 aliphatic heterocycles. The van der Waals surface area contributed by atoms with Crippen LogP contribution in [0.5, 0.6) is 11.5 Å². The van der Waals surface area contributed by atoms with E-state index >= 15 is 0 Å². The molecule has 1 aromatic rings. The van der Waals surface area contributed by atoms with Gasteiger partial charge in [-0.3, -0.25) is 0 Å². The van der Waals surface area contributed by atoms with Gasteiger partial charge in [0.25, 0.3) is 0 Å². The van der Waals surface area contributed by atoms with Crippen molar-refractivity contribution in [3.05, 3.63) is 23.5 Å². The molecule has 16 heavy (non-hydrogen) atoms. The number of rotatable bonds is 4. The number of benzene rings is 1. The zero-order chi connectivity index (χ0) is 11.8. The SMILES string of the molecule is COc1ccc(F)c(CC2(N)CC2)c1OC. The quantitative estimate of drug-likeness (QED) is 0.850. The standard InChI is InChI=1S/C12H16FNO2/c1-15-10-4-3-9(13)8(11(10)16-2)7-12(14)5-6-12/h3-4H,5-7,14H2,1-2H3. The van der Waals surface area contributed by atoms with E-state index < -0.39 is 0 Å². The van der Waals surface area contributed by atoms with Crippen LogP contribution in [-0.2, 0) is 6.42 Å². The average Bonchev–Trinajstić information content (AvgIpc) is 2.99. The largest absolute Gasteiger partial charge is 0.493 e. The second kappa shape index (κ2) is 3.94. The Labute approximate surface area is 94.3 Å². The minimum atomic E-state index is -0.283. The Morgan fingerprint density at radius 3 is 2.50 bits per heavy atom. The van der Waals surface area contributed by atoms with Crippen LogP contribution in [0.4, 0.5) is 4.39 Å². The Hall–Kier alpha value is -1.29. The Morgan fingerprint density at radius 1 is 1.31 bits per heavy atom. The van der Waals surface area contributed by atoms with E-state index in [4.69, 9.17) is 15.2 Å². The van der Waals surface area contributed by atoms with Gasteiger partial charge in [0.05, 0.1) is 14.2 Å². The second-order valence-electron chi connectivity index (χ2n) is 4.30. The molecule has 0 aromatic heterocycles. The van der Waals surface area contributed by atoms with Gasteiger partial charge in [-0.05, 0) is 31.4 Å². The van der Waals surface area contributed by atoms with Gasteiger partial charge in [0.2, 0.25) is 0 Å². The van der Waals surface area contributed by atoms with E-state index in [2.05, 4.69) is 0 Å². The molecule has 1 saturated carbocycles. The summed E-state index contributed by atoms with van der Waals surface area (Å²) in [6.07, 6.45) is 2.37. The van der Waals surface area contributed by atoms with Crippen molar-refractivity contribution in [3.8, 4) is 11.5 Å². The smallest absolute Gasteiger partial charge is 0.166 e. The van der Waals surface area contributed by atoms with Gasteiger partial charge in [-0.1, -0.05) is 0 Å². The summed E-state index contributed by atoms with van der Waals surface area (Å²) in [6.45, 7) is 0. The Kier molecular flexibility index (Phi) is 2.76. The number of hydrogen-bond acceptors (Lipinski definition) is 3. The van der Waals surface area contributed by atoms with E-state index in [1.165, 1.54) is 20.3 Å². The molecule has 1 aliphatic carbocycles. The monoisotopic (exact) mass is 225 g/mol. The van der Waals surface area contributed by atoms with Crippen molar-refractivity contribution in [2.45, 2.75) is 24.8 Å². The van der Waals surface area contributed by atoms with Crippen LogP contribution in [0, 0.1) is 5.82 Å². The number of hydrogen-bond donors (Lipinski definition) is 1. The maximum absolute atomic E-state index is 13.7. The maximum atomic E-state index is 13.7. The number of ether oxygens (including phenoxy) is 2. The predicted octanol–water partition coefficient (Wildman–Crippen LogP) is 1.88. The summed E-state index contributed by atoms with van der Waals surface area (Å²) in [5.74, 6) is 0.719. The summed E-state index contributed by atoms with van der Waals surface area (Å²) in [4.78, 5) is 0. The van der Waals surface area contributed by atoms with Crippen LogP contribution in [0.2, 0.25) is 0 Å².